The fourth-order valence-corrected chi connectivity index (χ4v) is 2.39. The lowest BCUT2D eigenvalue weighted by Crippen LogP contribution is -2.51. The lowest BCUT2D eigenvalue weighted by Gasteiger charge is -2.36. The number of hydrogen-bond donors (Lipinski definition) is 2. The normalized spacial score (nSPS) is 22.9. The van der Waals surface area contributed by atoms with E-state index in [0.29, 0.717) is 13.2 Å². The first-order chi connectivity index (χ1) is 9.25. The molecule has 2 atom stereocenters. The van der Waals surface area contributed by atoms with Crippen molar-refractivity contribution in [3.05, 3.63) is 0 Å². The van der Waals surface area contributed by atoms with Gasteiger partial charge in [-0.3, -0.25) is 4.79 Å². The minimum absolute atomic E-state index is 0.0837. The average molecular weight is 286 g/mol. The molecule has 0 aliphatic carbocycles. The van der Waals surface area contributed by atoms with Crippen molar-refractivity contribution in [3.8, 4) is 0 Å². The van der Waals surface area contributed by atoms with Crippen molar-refractivity contribution in [3.63, 3.8) is 0 Å². The fraction of sp³-hybridized carbons (Fsp3) is 0.857. The molecule has 20 heavy (non-hydrogen) atoms. The smallest absolute Gasteiger partial charge is 0.317 e. The second kappa shape index (κ2) is 6.92. The first kappa shape index (κ1) is 16.8. The van der Waals surface area contributed by atoms with E-state index < -0.39 is 11.9 Å². The molecule has 0 aromatic rings. The highest BCUT2D eigenvalue weighted by atomic mass is 16.5. The van der Waals surface area contributed by atoms with Crippen LogP contribution in [0.5, 0.6) is 0 Å². The van der Waals surface area contributed by atoms with Crippen molar-refractivity contribution in [1.82, 2.24) is 10.2 Å². The van der Waals surface area contributed by atoms with Gasteiger partial charge in [-0.15, -0.1) is 0 Å². The molecular weight excluding hydrogens is 260 g/mol. The summed E-state index contributed by atoms with van der Waals surface area (Å²) in [5.41, 5.74) is -0.221. The summed E-state index contributed by atoms with van der Waals surface area (Å²) in [6, 6.07) is -0.108. The first-order valence-corrected chi connectivity index (χ1v) is 7.17. The summed E-state index contributed by atoms with van der Waals surface area (Å²) in [5.74, 6) is -1.45. The molecule has 0 aromatic carbocycles. The Morgan fingerprint density at radius 1 is 1.50 bits per heavy atom. The quantitative estimate of drug-likeness (QED) is 0.806. The predicted octanol–water partition coefficient (Wildman–Crippen LogP) is 1.70. The molecule has 1 heterocycles. The van der Waals surface area contributed by atoms with Gasteiger partial charge in [-0.1, -0.05) is 6.92 Å². The number of nitrogens with zero attached hydrogens (tertiary/aromatic N) is 1. The largest absolute Gasteiger partial charge is 0.481 e. The van der Waals surface area contributed by atoms with Crippen molar-refractivity contribution in [2.24, 2.45) is 5.92 Å². The molecule has 0 bridgehead atoms. The fourth-order valence-electron chi connectivity index (χ4n) is 2.39. The molecule has 0 radical (unpaired) electrons. The van der Waals surface area contributed by atoms with Crippen molar-refractivity contribution in [2.75, 3.05) is 19.7 Å². The molecule has 0 saturated carbocycles. The van der Waals surface area contributed by atoms with Gasteiger partial charge in [0.25, 0.3) is 0 Å². The molecule has 6 nitrogen and oxygen atoms in total. The topological polar surface area (TPSA) is 78.9 Å². The molecule has 1 aliphatic rings. The van der Waals surface area contributed by atoms with E-state index in [2.05, 4.69) is 5.32 Å². The Kier molecular flexibility index (Phi) is 5.80. The number of ether oxygens (including phenoxy) is 1. The number of carboxylic acid groups (broad SMARTS) is 1. The third-order valence-electron chi connectivity index (χ3n) is 3.61. The van der Waals surface area contributed by atoms with Gasteiger partial charge in [0, 0.05) is 25.7 Å². The summed E-state index contributed by atoms with van der Waals surface area (Å²) >= 11 is 0. The Morgan fingerprint density at radius 2 is 2.15 bits per heavy atom. The van der Waals surface area contributed by atoms with Gasteiger partial charge in [-0.2, -0.15) is 0 Å². The van der Waals surface area contributed by atoms with Crippen LogP contribution in [0.3, 0.4) is 0 Å². The van der Waals surface area contributed by atoms with E-state index in [1.165, 1.54) is 0 Å². The van der Waals surface area contributed by atoms with E-state index >= 15 is 0 Å². The van der Waals surface area contributed by atoms with E-state index in [4.69, 9.17) is 9.84 Å². The second-order valence-electron chi connectivity index (χ2n) is 6.03. The number of rotatable bonds is 5. The van der Waals surface area contributed by atoms with E-state index in [1.54, 1.807) is 11.8 Å². The molecule has 0 aromatic heterocycles. The van der Waals surface area contributed by atoms with E-state index in [9.17, 15) is 9.59 Å². The molecule has 2 N–H and O–H groups in total. The van der Waals surface area contributed by atoms with Crippen LogP contribution < -0.4 is 5.32 Å². The second-order valence-corrected chi connectivity index (χ2v) is 6.03. The maximum absolute atomic E-state index is 12.2. The van der Waals surface area contributed by atoms with Crippen LogP contribution in [0.2, 0.25) is 0 Å². The van der Waals surface area contributed by atoms with Crippen molar-refractivity contribution < 1.29 is 19.4 Å². The van der Waals surface area contributed by atoms with Crippen molar-refractivity contribution >= 4 is 12.0 Å². The maximum Gasteiger partial charge on any atom is 0.317 e. The molecule has 0 spiro atoms. The van der Waals surface area contributed by atoms with E-state index in [1.807, 2.05) is 20.8 Å². The highest BCUT2D eigenvalue weighted by molar-refractivity contribution is 5.76. The Balaban J connectivity index is 2.52. The number of aliphatic carboxylic acids is 1. The minimum atomic E-state index is -0.886. The molecule has 6 heteroatoms. The molecule has 1 saturated heterocycles. The van der Waals surface area contributed by atoms with Crippen LogP contribution in [0.15, 0.2) is 0 Å². The number of nitrogens with one attached hydrogen (secondary N) is 1. The van der Waals surface area contributed by atoms with Gasteiger partial charge in [0.2, 0.25) is 0 Å². The van der Waals surface area contributed by atoms with Gasteiger partial charge in [0.15, 0.2) is 0 Å². The molecular formula is C14H26N2O4. The molecule has 2 unspecified atom stereocenters. The molecule has 1 aliphatic heterocycles. The molecule has 116 valence electrons. The molecule has 1 rings (SSSR count). The summed E-state index contributed by atoms with van der Waals surface area (Å²) in [5, 5.41) is 11.9. The zero-order valence-corrected chi connectivity index (χ0v) is 12.8. The Morgan fingerprint density at radius 3 is 2.65 bits per heavy atom. The number of urea groups is 1. The van der Waals surface area contributed by atoms with Crippen molar-refractivity contribution in [2.45, 2.75) is 52.2 Å². The number of amides is 2. The highest BCUT2D eigenvalue weighted by Gasteiger charge is 2.30. The summed E-state index contributed by atoms with van der Waals surface area (Å²) < 4.78 is 5.62. The Bertz CT molecular complexity index is 357. The first-order valence-electron chi connectivity index (χ1n) is 7.17. The van der Waals surface area contributed by atoms with Crippen LogP contribution >= 0.6 is 0 Å². The number of carbonyl (C=O) groups is 2. The lowest BCUT2D eigenvalue weighted by molar-refractivity contribution is -0.141. The van der Waals surface area contributed by atoms with Gasteiger partial charge < -0.3 is 20.1 Å². The lowest BCUT2D eigenvalue weighted by atomic mass is 9.94. The Hall–Kier alpha value is -1.30. The zero-order valence-electron chi connectivity index (χ0n) is 12.8. The monoisotopic (exact) mass is 286 g/mol. The Labute approximate surface area is 120 Å². The molecule has 1 fully saturated rings. The van der Waals surface area contributed by atoms with Crippen LogP contribution in [0.1, 0.15) is 40.5 Å². The van der Waals surface area contributed by atoms with Crippen LogP contribution in [0.25, 0.3) is 0 Å². The predicted molar refractivity (Wildman–Crippen MR) is 75.6 cm³/mol. The van der Waals surface area contributed by atoms with Gasteiger partial charge in [-0.05, 0) is 33.6 Å². The van der Waals surface area contributed by atoms with Gasteiger partial charge in [0.1, 0.15) is 0 Å². The number of hydrogen-bond acceptors (Lipinski definition) is 3. The van der Waals surface area contributed by atoms with Crippen LogP contribution in [0, 0.1) is 5.92 Å². The third-order valence-corrected chi connectivity index (χ3v) is 3.61. The number of carbonyl (C=O) groups excluding carboxylic acids is 1. The zero-order chi connectivity index (χ0) is 15.3. The highest BCUT2D eigenvalue weighted by Crippen LogP contribution is 2.24. The molecule has 2 amide bonds. The minimum Gasteiger partial charge on any atom is -0.481 e. The van der Waals surface area contributed by atoms with Gasteiger partial charge in [0.05, 0.1) is 11.5 Å². The number of carboxylic acids is 1. The summed E-state index contributed by atoms with van der Waals surface area (Å²) in [7, 11) is 0. The van der Waals surface area contributed by atoms with Gasteiger partial charge >= 0.3 is 12.0 Å². The summed E-state index contributed by atoms with van der Waals surface area (Å²) in [4.78, 5) is 24.6. The van der Waals surface area contributed by atoms with Crippen LogP contribution in [-0.4, -0.2) is 53.3 Å². The van der Waals surface area contributed by atoms with Crippen LogP contribution in [-0.2, 0) is 9.53 Å². The van der Waals surface area contributed by atoms with E-state index in [0.717, 1.165) is 12.8 Å². The third kappa shape index (κ3) is 5.00. The maximum atomic E-state index is 12.2. The van der Waals surface area contributed by atoms with E-state index in [-0.39, 0.29) is 24.2 Å². The average Bonchev–Trinajstić information content (AvgIpc) is 2.33. The van der Waals surface area contributed by atoms with Crippen molar-refractivity contribution in [1.29, 1.82) is 0 Å². The standard InChI is InChI=1S/C14H26N2O4/c1-5-16(9-10(2)12(17)18)13(19)15-11-6-7-20-14(3,4)8-11/h10-11H,5-9H2,1-4H3,(H,15,19)(H,17,18). The van der Waals surface area contributed by atoms with Crippen LogP contribution in [0.4, 0.5) is 4.79 Å². The summed E-state index contributed by atoms with van der Waals surface area (Å²) in [6.07, 6.45) is 1.56. The summed E-state index contributed by atoms with van der Waals surface area (Å²) in [6.45, 7) is 8.83. The van der Waals surface area contributed by atoms with Gasteiger partial charge in [-0.25, -0.2) is 4.79 Å². The SMILES string of the molecule is CCN(CC(C)C(=O)O)C(=O)NC1CCOC(C)(C)C1.